The molecule has 0 aliphatic carbocycles. The van der Waals surface area contributed by atoms with Crippen molar-refractivity contribution in [3.8, 4) is 5.75 Å². The number of phenolic OH excluding ortho intramolecular Hbond substituents is 1. The van der Waals surface area contributed by atoms with E-state index in [1.165, 1.54) is 18.2 Å². The molecule has 0 aliphatic rings. The largest absolute Gasteiger partial charge is 0.508 e. The zero-order valence-electron chi connectivity index (χ0n) is 11.2. The van der Waals surface area contributed by atoms with Gasteiger partial charge in [0, 0.05) is 64.3 Å². The van der Waals surface area contributed by atoms with Crippen LogP contribution in [0.3, 0.4) is 0 Å². The molecule has 0 bridgehead atoms. The molecule has 0 heterocycles. The van der Waals surface area contributed by atoms with Gasteiger partial charge in [0.25, 0.3) is 5.69 Å². The zero-order chi connectivity index (χ0) is 14.7. The predicted molar refractivity (Wildman–Crippen MR) is 80.0 cm³/mol. The van der Waals surface area contributed by atoms with Crippen LogP contribution >= 0.6 is 11.6 Å². The first-order valence-corrected chi connectivity index (χ1v) is 6.10. The molecule has 103 valence electrons. The summed E-state index contributed by atoms with van der Waals surface area (Å²) in [5.74, 6) is -0.393. The number of nitro groups is 1. The Kier molecular flexibility index (Phi) is 6.36. The monoisotopic (exact) mass is 314 g/mol. The molecule has 2 rings (SSSR count). The minimum Gasteiger partial charge on any atom is -0.508 e. The van der Waals surface area contributed by atoms with Gasteiger partial charge < -0.3 is 5.11 Å². The summed E-state index contributed by atoms with van der Waals surface area (Å²) in [6.07, 6.45) is -0.116. The van der Waals surface area contributed by atoms with Gasteiger partial charge >= 0.3 is 0 Å². The van der Waals surface area contributed by atoms with Gasteiger partial charge in [-0.3, -0.25) is 14.9 Å². The maximum Gasteiger partial charge on any atom is 0.269 e. The van der Waals surface area contributed by atoms with Gasteiger partial charge in [-0.1, -0.05) is 11.6 Å². The van der Waals surface area contributed by atoms with Crippen LogP contribution in [-0.2, 0) is 6.42 Å². The van der Waals surface area contributed by atoms with E-state index >= 15 is 0 Å². The number of ketones is 1. The number of nitrogens with zero attached hydrogens (tertiary/aromatic N) is 1. The van der Waals surface area contributed by atoms with Crippen LogP contribution < -0.4 is 0 Å². The zero-order valence-corrected chi connectivity index (χ0v) is 14.0. The van der Waals surface area contributed by atoms with Crippen molar-refractivity contribution in [2.24, 2.45) is 0 Å². The number of hydrogen-bond acceptors (Lipinski definition) is 4. The van der Waals surface area contributed by atoms with Crippen LogP contribution in [0.25, 0.3) is 0 Å². The van der Waals surface area contributed by atoms with Gasteiger partial charge in [0.1, 0.15) is 5.75 Å². The summed E-state index contributed by atoms with van der Waals surface area (Å²) in [5, 5.41) is 20.9. The molecule has 5 nitrogen and oxygen atoms in total. The molecular weight excluding hydrogens is 305 g/mol. The minimum atomic E-state index is -0.574. The third kappa shape index (κ3) is 4.54. The van der Waals surface area contributed by atoms with E-state index in [9.17, 15) is 20.0 Å². The maximum atomic E-state index is 12.0. The number of non-ortho nitro benzene ring substituents is 1. The molecule has 1 radical (unpaired) electrons. The van der Waals surface area contributed by atoms with Crippen LogP contribution in [0.4, 0.5) is 5.69 Å². The second-order valence-electron chi connectivity index (χ2n) is 4.18. The smallest absolute Gasteiger partial charge is 0.269 e. The van der Waals surface area contributed by atoms with Crippen LogP contribution in [0.15, 0.2) is 42.5 Å². The number of carbonyl (C=O) groups excluding carboxylic acids is 1. The molecule has 0 saturated heterocycles. The average molecular weight is 315 g/mol. The molecular formula is C14H10ClNNaO4. The molecule has 0 amide bonds. The molecule has 0 fully saturated rings. The number of phenols is 1. The van der Waals surface area contributed by atoms with Gasteiger partial charge in [-0.2, -0.15) is 0 Å². The Morgan fingerprint density at radius 1 is 1.19 bits per heavy atom. The molecule has 7 heteroatoms. The summed E-state index contributed by atoms with van der Waals surface area (Å²) in [6, 6.07) is 9.90. The molecule has 1 N–H and O–H groups in total. The molecule has 0 spiro atoms. The number of rotatable bonds is 4. The van der Waals surface area contributed by atoms with Crippen LogP contribution in [0.1, 0.15) is 15.9 Å². The number of Topliss-reactive ketones (excluding diaryl/α,β-unsaturated/α-hetero) is 1. The SMILES string of the molecule is O=C(Cc1cc([N+](=O)[O-])ccc1O)c1ccc(Cl)cc1.[Na]. The standard InChI is InChI=1S/C14H10ClNO4.Na/c15-11-3-1-9(2-4-11)14(18)8-10-7-12(16(19)20)5-6-13(10)17;/h1-7,17H,8H2;. The Morgan fingerprint density at radius 3 is 2.38 bits per heavy atom. The maximum absolute atomic E-state index is 12.0. The summed E-state index contributed by atoms with van der Waals surface area (Å²) in [7, 11) is 0. The molecule has 2 aromatic rings. The molecule has 0 aromatic heterocycles. The second-order valence-corrected chi connectivity index (χ2v) is 4.61. The van der Waals surface area contributed by atoms with Crippen molar-refractivity contribution in [2.75, 3.05) is 0 Å². The summed E-state index contributed by atoms with van der Waals surface area (Å²) >= 11 is 5.73. The Morgan fingerprint density at radius 2 is 1.81 bits per heavy atom. The fourth-order valence-electron chi connectivity index (χ4n) is 1.74. The van der Waals surface area contributed by atoms with Gasteiger partial charge in [0.05, 0.1) is 4.92 Å². The third-order valence-electron chi connectivity index (χ3n) is 2.79. The Balaban J connectivity index is 0.00000220. The summed E-state index contributed by atoms with van der Waals surface area (Å²) in [4.78, 5) is 22.1. The summed E-state index contributed by atoms with van der Waals surface area (Å²) in [5.41, 5.74) is 0.487. The van der Waals surface area contributed by atoms with E-state index in [1.807, 2.05) is 0 Å². The fourth-order valence-corrected chi connectivity index (χ4v) is 1.86. The number of hydrogen-bond donors (Lipinski definition) is 1. The summed E-state index contributed by atoms with van der Waals surface area (Å²) < 4.78 is 0. The van der Waals surface area contributed by atoms with E-state index in [0.29, 0.717) is 10.6 Å². The average Bonchev–Trinajstić information content (AvgIpc) is 2.41. The van der Waals surface area contributed by atoms with Gasteiger partial charge in [0.2, 0.25) is 0 Å². The fraction of sp³-hybridized carbons (Fsp3) is 0.0714. The van der Waals surface area contributed by atoms with Crippen LogP contribution in [0.5, 0.6) is 5.75 Å². The van der Waals surface area contributed by atoms with Crippen molar-refractivity contribution in [2.45, 2.75) is 6.42 Å². The van der Waals surface area contributed by atoms with Crippen LogP contribution in [0.2, 0.25) is 5.02 Å². The first kappa shape index (κ1) is 17.7. The molecule has 2 aromatic carbocycles. The van der Waals surface area contributed by atoms with E-state index in [1.54, 1.807) is 24.3 Å². The molecule has 0 saturated carbocycles. The molecule has 21 heavy (non-hydrogen) atoms. The molecule has 0 unspecified atom stereocenters. The number of nitro benzene ring substituents is 1. The normalized spacial score (nSPS) is 9.76. The Labute approximate surface area is 148 Å². The number of aromatic hydroxyl groups is 1. The van der Waals surface area contributed by atoms with Crippen LogP contribution in [-0.4, -0.2) is 45.4 Å². The van der Waals surface area contributed by atoms with Crippen molar-refractivity contribution in [3.05, 3.63) is 68.7 Å². The Bertz CT molecular complexity index is 673. The molecule has 0 aliphatic heterocycles. The van der Waals surface area contributed by atoms with Crippen molar-refractivity contribution in [1.29, 1.82) is 0 Å². The van der Waals surface area contributed by atoms with Gasteiger partial charge in [-0.25, -0.2) is 0 Å². The van der Waals surface area contributed by atoms with Crippen molar-refractivity contribution in [3.63, 3.8) is 0 Å². The first-order valence-electron chi connectivity index (χ1n) is 5.72. The van der Waals surface area contributed by atoms with Crippen LogP contribution in [0, 0.1) is 10.1 Å². The topological polar surface area (TPSA) is 80.4 Å². The van der Waals surface area contributed by atoms with E-state index in [4.69, 9.17) is 11.6 Å². The van der Waals surface area contributed by atoms with Gasteiger partial charge in [0.15, 0.2) is 5.78 Å². The van der Waals surface area contributed by atoms with E-state index in [-0.39, 0.29) is 58.8 Å². The van der Waals surface area contributed by atoms with E-state index in [0.717, 1.165) is 0 Å². The third-order valence-corrected chi connectivity index (χ3v) is 3.04. The second kappa shape index (κ2) is 7.56. The predicted octanol–water partition coefficient (Wildman–Crippen LogP) is 3.00. The van der Waals surface area contributed by atoms with Gasteiger partial charge in [-0.15, -0.1) is 0 Å². The van der Waals surface area contributed by atoms with Crippen molar-refractivity contribution < 1.29 is 14.8 Å². The number of halogens is 1. The minimum absolute atomic E-state index is 0. The first-order chi connectivity index (χ1) is 9.47. The van der Waals surface area contributed by atoms with E-state index in [2.05, 4.69) is 0 Å². The van der Waals surface area contributed by atoms with Crippen molar-refractivity contribution in [1.82, 2.24) is 0 Å². The molecule has 0 atom stereocenters. The Hall–Kier alpha value is -1.40. The number of carbonyl (C=O) groups is 1. The van der Waals surface area contributed by atoms with E-state index < -0.39 is 4.92 Å². The summed E-state index contributed by atoms with van der Waals surface area (Å²) in [6.45, 7) is 0. The number of benzene rings is 2. The van der Waals surface area contributed by atoms with Crippen molar-refractivity contribution >= 4 is 52.6 Å². The quantitative estimate of drug-likeness (QED) is 0.407. The van der Waals surface area contributed by atoms with Gasteiger partial charge in [-0.05, 0) is 30.3 Å².